The van der Waals surface area contributed by atoms with Gasteiger partial charge in [0.1, 0.15) is 0 Å². The second-order valence-electron chi connectivity index (χ2n) is 10.6. The van der Waals surface area contributed by atoms with Gasteiger partial charge in [0, 0.05) is 26.4 Å². The fourth-order valence-corrected chi connectivity index (χ4v) is 4.54. The lowest BCUT2D eigenvalue weighted by Crippen LogP contribution is -2.19. The maximum absolute atomic E-state index is 6.18. The summed E-state index contributed by atoms with van der Waals surface area (Å²) in [6.45, 7) is 8.71. The Bertz CT molecular complexity index is 373. The van der Waals surface area contributed by atoms with Gasteiger partial charge in [0.25, 0.3) is 0 Å². The SMILES string of the molecule is CCCCCCCCCOC(CCCCCCOCCCCCCOOC)OCCCCCCCCC. The molecule has 0 aliphatic carbocycles. The molecule has 0 N–H and O–H groups in total. The van der Waals surface area contributed by atoms with Crippen LogP contribution in [-0.4, -0.2) is 46.4 Å². The van der Waals surface area contributed by atoms with Gasteiger partial charge in [-0.1, -0.05) is 117 Å². The van der Waals surface area contributed by atoms with Crippen molar-refractivity contribution in [1.82, 2.24) is 0 Å². The molecule has 0 radical (unpaired) electrons. The summed E-state index contributed by atoms with van der Waals surface area (Å²) in [6, 6.07) is 0. The molecule has 0 unspecified atom stereocenters. The Balaban J connectivity index is 3.78. The van der Waals surface area contributed by atoms with Gasteiger partial charge >= 0.3 is 0 Å². The van der Waals surface area contributed by atoms with Crippen LogP contribution in [0.5, 0.6) is 0 Å². The Hall–Kier alpha value is -0.200. The minimum atomic E-state index is -0.00859. The van der Waals surface area contributed by atoms with Crippen molar-refractivity contribution in [2.45, 2.75) is 168 Å². The van der Waals surface area contributed by atoms with E-state index in [2.05, 4.69) is 18.7 Å². The molecule has 5 nitrogen and oxygen atoms in total. The van der Waals surface area contributed by atoms with E-state index < -0.39 is 0 Å². The van der Waals surface area contributed by atoms with E-state index in [9.17, 15) is 0 Å². The summed E-state index contributed by atoms with van der Waals surface area (Å²) in [4.78, 5) is 9.48. The smallest absolute Gasteiger partial charge is 0.157 e. The van der Waals surface area contributed by atoms with Crippen LogP contribution in [-0.2, 0) is 24.0 Å². The zero-order valence-corrected chi connectivity index (χ0v) is 25.4. The second kappa shape index (κ2) is 33.8. The van der Waals surface area contributed by atoms with Gasteiger partial charge in [-0.05, 0) is 44.9 Å². The van der Waals surface area contributed by atoms with Crippen molar-refractivity contribution in [1.29, 1.82) is 0 Å². The molecule has 0 aromatic carbocycles. The van der Waals surface area contributed by atoms with Crippen LogP contribution >= 0.6 is 0 Å². The van der Waals surface area contributed by atoms with Crippen LogP contribution in [0.3, 0.4) is 0 Å². The number of hydrogen-bond donors (Lipinski definition) is 0. The molecule has 0 amide bonds. The maximum atomic E-state index is 6.18. The Morgan fingerprint density at radius 1 is 0.405 bits per heavy atom. The summed E-state index contributed by atoms with van der Waals surface area (Å²) in [5, 5.41) is 0. The number of hydrogen-bond acceptors (Lipinski definition) is 5. The first-order valence-corrected chi connectivity index (χ1v) is 16.3. The van der Waals surface area contributed by atoms with Crippen molar-refractivity contribution in [3.63, 3.8) is 0 Å². The van der Waals surface area contributed by atoms with Gasteiger partial charge in [-0.2, -0.15) is 0 Å². The van der Waals surface area contributed by atoms with E-state index in [1.54, 1.807) is 7.11 Å². The zero-order chi connectivity index (χ0) is 26.9. The van der Waals surface area contributed by atoms with Crippen molar-refractivity contribution in [3.05, 3.63) is 0 Å². The summed E-state index contributed by atoms with van der Waals surface area (Å²) in [5.41, 5.74) is 0. The minimum Gasteiger partial charge on any atom is -0.381 e. The molecule has 0 saturated heterocycles. The predicted octanol–water partition coefficient (Wildman–Crippen LogP) is 9.95. The Morgan fingerprint density at radius 2 is 0.784 bits per heavy atom. The van der Waals surface area contributed by atoms with E-state index in [0.29, 0.717) is 6.61 Å². The van der Waals surface area contributed by atoms with Crippen molar-refractivity contribution >= 4 is 0 Å². The monoisotopic (exact) mass is 530 g/mol. The molecule has 0 aliphatic rings. The molecule has 37 heavy (non-hydrogen) atoms. The predicted molar refractivity (Wildman–Crippen MR) is 157 cm³/mol. The topological polar surface area (TPSA) is 46.2 Å². The number of rotatable bonds is 33. The van der Waals surface area contributed by atoms with Crippen molar-refractivity contribution in [2.24, 2.45) is 0 Å². The fourth-order valence-electron chi connectivity index (χ4n) is 4.54. The molecule has 0 bridgehead atoms. The standard InChI is InChI=1S/C32H66O5/c1-4-6-8-10-12-15-23-29-35-32(36-30-24-16-13-11-9-7-5-2)26-20-14-17-21-27-34-28-22-18-19-25-31-37-33-3/h32H,4-31H2,1-3H3. The van der Waals surface area contributed by atoms with Gasteiger partial charge in [-0.15, -0.1) is 0 Å². The Labute approximate surface area is 232 Å². The van der Waals surface area contributed by atoms with Crippen LogP contribution in [0.1, 0.15) is 162 Å². The van der Waals surface area contributed by atoms with Crippen molar-refractivity contribution < 1.29 is 24.0 Å². The largest absolute Gasteiger partial charge is 0.381 e. The molecule has 0 aliphatic heterocycles. The molecule has 0 rings (SSSR count). The third-order valence-corrected chi connectivity index (χ3v) is 6.97. The zero-order valence-electron chi connectivity index (χ0n) is 25.4. The van der Waals surface area contributed by atoms with Gasteiger partial charge in [0.2, 0.25) is 0 Å². The number of unbranched alkanes of at least 4 members (excludes halogenated alkanes) is 18. The molecule has 224 valence electrons. The lowest BCUT2D eigenvalue weighted by molar-refractivity contribution is -0.272. The summed E-state index contributed by atoms with van der Waals surface area (Å²) in [5.74, 6) is 0. The fraction of sp³-hybridized carbons (Fsp3) is 1.00. The average molecular weight is 531 g/mol. The highest BCUT2D eigenvalue weighted by Gasteiger charge is 2.09. The molecule has 0 aromatic rings. The van der Waals surface area contributed by atoms with Crippen molar-refractivity contribution in [3.8, 4) is 0 Å². The van der Waals surface area contributed by atoms with Crippen molar-refractivity contribution in [2.75, 3.05) is 40.1 Å². The van der Waals surface area contributed by atoms with Gasteiger partial charge < -0.3 is 14.2 Å². The molecule has 0 saturated carbocycles. The first-order chi connectivity index (χ1) is 18.3. The lowest BCUT2D eigenvalue weighted by atomic mass is 10.1. The molecule has 5 heteroatoms. The highest BCUT2D eigenvalue weighted by Crippen LogP contribution is 2.14. The van der Waals surface area contributed by atoms with E-state index in [4.69, 9.17) is 19.1 Å². The second-order valence-corrected chi connectivity index (χ2v) is 10.6. The third kappa shape index (κ3) is 31.9. The summed E-state index contributed by atoms with van der Waals surface area (Å²) in [7, 11) is 1.56. The molecule has 0 atom stereocenters. The van der Waals surface area contributed by atoms with Crippen LogP contribution in [0.15, 0.2) is 0 Å². The first kappa shape index (κ1) is 36.8. The van der Waals surface area contributed by atoms with Crippen LogP contribution in [0.2, 0.25) is 0 Å². The average Bonchev–Trinajstić information content (AvgIpc) is 2.91. The summed E-state index contributed by atoms with van der Waals surface area (Å²) >= 11 is 0. The summed E-state index contributed by atoms with van der Waals surface area (Å²) < 4.78 is 18.2. The van der Waals surface area contributed by atoms with E-state index in [0.717, 1.165) is 52.1 Å². The molecule has 0 fully saturated rings. The number of ether oxygens (including phenoxy) is 3. The van der Waals surface area contributed by atoms with E-state index >= 15 is 0 Å². The van der Waals surface area contributed by atoms with Gasteiger partial charge in [-0.3, -0.25) is 0 Å². The van der Waals surface area contributed by atoms with E-state index in [1.165, 1.54) is 122 Å². The van der Waals surface area contributed by atoms with Gasteiger partial charge in [0.05, 0.1) is 13.7 Å². The van der Waals surface area contributed by atoms with E-state index in [-0.39, 0.29) is 6.29 Å². The minimum absolute atomic E-state index is 0.00859. The third-order valence-electron chi connectivity index (χ3n) is 6.97. The molecular weight excluding hydrogens is 464 g/mol. The molecule has 0 heterocycles. The van der Waals surface area contributed by atoms with Gasteiger partial charge in [0.15, 0.2) is 6.29 Å². The highest BCUT2D eigenvalue weighted by molar-refractivity contribution is 4.53. The normalized spacial score (nSPS) is 11.7. The van der Waals surface area contributed by atoms with Crippen LogP contribution in [0, 0.1) is 0 Å². The lowest BCUT2D eigenvalue weighted by Gasteiger charge is -2.19. The quantitative estimate of drug-likeness (QED) is 0.0365. The van der Waals surface area contributed by atoms with Crippen LogP contribution in [0.4, 0.5) is 0 Å². The van der Waals surface area contributed by atoms with E-state index in [1.807, 2.05) is 0 Å². The highest BCUT2D eigenvalue weighted by atomic mass is 17.2. The van der Waals surface area contributed by atoms with Crippen LogP contribution < -0.4 is 0 Å². The molecule has 0 aromatic heterocycles. The Kier molecular flexibility index (Phi) is 33.6. The molecular formula is C32H66O5. The van der Waals surface area contributed by atoms with Crippen LogP contribution in [0.25, 0.3) is 0 Å². The maximum Gasteiger partial charge on any atom is 0.157 e. The summed E-state index contributed by atoms with van der Waals surface area (Å²) in [6.07, 6.45) is 28.9. The molecule has 0 spiro atoms. The first-order valence-electron chi connectivity index (χ1n) is 16.3. The van der Waals surface area contributed by atoms with Gasteiger partial charge in [-0.25, -0.2) is 9.78 Å². The Morgan fingerprint density at radius 3 is 1.24 bits per heavy atom.